The molecular formula is C21H25N5O2. The predicted molar refractivity (Wildman–Crippen MR) is 107 cm³/mol. The van der Waals surface area contributed by atoms with Crippen molar-refractivity contribution in [2.45, 2.75) is 53.0 Å². The molecule has 1 aliphatic rings. The highest BCUT2D eigenvalue weighted by atomic mass is 16.2. The Balaban J connectivity index is 1.61. The number of carbonyl (C=O) groups is 2. The lowest BCUT2D eigenvalue weighted by Gasteiger charge is -2.15. The van der Waals surface area contributed by atoms with Crippen molar-refractivity contribution in [1.82, 2.24) is 9.78 Å². The number of rotatable bonds is 6. The van der Waals surface area contributed by atoms with Crippen molar-refractivity contribution in [1.29, 1.82) is 5.26 Å². The Hall–Kier alpha value is -3.14. The highest BCUT2D eigenvalue weighted by Crippen LogP contribution is 2.30. The van der Waals surface area contributed by atoms with Gasteiger partial charge < -0.3 is 10.2 Å². The topological polar surface area (TPSA) is 91.0 Å². The molecule has 0 atom stereocenters. The van der Waals surface area contributed by atoms with Crippen molar-refractivity contribution >= 4 is 23.2 Å². The van der Waals surface area contributed by atoms with E-state index in [-0.39, 0.29) is 11.8 Å². The lowest BCUT2D eigenvalue weighted by molar-refractivity contribution is -0.117. The van der Waals surface area contributed by atoms with E-state index in [2.05, 4.69) is 16.5 Å². The molecule has 7 nitrogen and oxygen atoms in total. The summed E-state index contributed by atoms with van der Waals surface area (Å²) < 4.78 is 1.84. The number of aryl methyl sites for hydroxylation is 2. The zero-order chi connectivity index (χ0) is 20.3. The van der Waals surface area contributed by atoms with E-state index in [1.807, 2.05) is 36.7 Å². The van der Waals surface area contributed by atoms with Crippen LogP contribution in [0.3, 0.4) is 0 Å². The molecule has 28 heavy (non-hydrogen) atoms. The second-order valence-electron chi connectivity index (χ2n) is 7.09. The molecule has 1 N–H and O–H groups in total. The molecule has 2 aromatic rings. The number of aromatic nitrogens is 2. The van der Waals surface area contributed by atoms with Gasteiger partial charge in [-0.3, -0.25) is 14.3 Å². The molecular weight excluding hydrogens is 354 g/mol. The fourth-order valence-electron chi connectivity index (χ4n) is 3.74. The summed E-state index contributed by atoms with van der Waals surface area (Å²) in [5.74, 6) is -0.0125. The van der Waals surface area contributed by atoms with Crippen LogP contribution in [0.2, 0.25) is 0 Å². The van der Waals surface area contributed by atoms with Crippen LogP contribution < -0.4 is 10.2 Å². The van der Waals surface area contributed by atoms with Crippen molar-refractivity contribution in [2.75, 3.05) is 16.8 Å². The number of benzene rings is 1. The van der Waals surface area contributed by atoms with Crippen LogP contribution in [0.5, 0.6) is 0 Å². The van der Waals surface area contributed by atoms with Gasteiger partial charge in [-0.15, -0.1) is 0 Å². The molecule has 2 amide bonds. The summed E-state index contributed by atoms with van der Waals surface area (Å²) in [5.41, 5.74) is 5.76. The molecule has 0 bridgehead atoms. The minimum absolute atomic E-state index is 0.0385. The van der Waals surface area contributed by atoms with Crippen LogP contribution in [0.25, 0.3) is 0 Å². The third kappa shape index (κ3) is 4.06. The van der Waals surface area contributed by atoms with Gasteiger partial charge in [0.05, 0.1) is 24.7 Å². The monoisotopic (exact) mass is 379 g/mol. The van der Waals surface area contributed by atoms with Crippen molar-refractivity contribution in [3.63, 3.8) is 0 Å². The number of hydrogen-bond acceptors (Lipinski definition) is 4. The minimum Gasteiger partial charge on any atom is -0.326 e. The summed E-state index contributed by atoms with van der Waals surface area (Å²) >= 11 is 0. The first kappa shape index (κ1) is 19.6. The standard InChI is InChI=1S/C21H25N5O2/c1-14-19(15(2)26(24-14)11-4-10-22)6-8-21(28)23-18-5-7-20-17(13-18)9-12-25(20)16(3)27/h5,7,13H,4,6,8-9,11-12H2,1-3H3,(H,23,28). The van der Waals surface area contributed by atoms with E-state index < -0.39 is 0 Å². The van der Waals surface area contributed by atoms with E-state index in [9.17, 15) is 9.59 Å². The number of fused-ring (bicyclic) bond motifs is 1. The van der Waals surface area contributed by atoms with Crippen LogP contribution in [0.1, 0.15) is 42.3 Å². The fraction of sp³-hybridized carbons (Fsp3) is 0.429. The summed E-state index contributed by atoms with van der Waals surface area (Å²) in [6.07, 6.45) is 2.20. The minimum atomic E-state index is -0.0510. The maximum absolute atomic E-state index is 12.4. The lowest BCUT2D eigenvalue weighted by Crippen LogP contribution is -2.25. The van der Waals surface area contributed by atoms with E-state index in [0.717, 1.165) is 40.3 Å². The van der Waals surface area contributed by atoms with E-state index >= 15 is 0 Å². The maximum Gasteiger partial charge on any atom is 0.224 e. The summed E-state index contributed by atoms with van der Waals surface area (Å²) in [6, 6.07) is 7.82. The van der Waals surface area contributed by atoms with Gasteiger partial charge in [-0.25, -0.2) is 0 Å². The molecule has 0 spiro atoms. The Labute approximate surface area is 164 Å². The largest absolute Gasteiger partial charge is 0.326 e. The highest BCUT2D eigenvalue weighted by molar-refractivity contribution is 5.95. The van der Waals surface area contributed by atoms with Crippen LogP contribution in [-0.2, 0) is 29.0 Å². The summed E-state index contributed by atoms with van der Waals surface area (Å²) in [6.45, 7) is 6.74. The number of nitrogens with zero attached hydrogens (tertiary/aromatic N) is 4. The Morgan fingerprint density at radius 3 is 2.82 bits per heavy atom. The van der Waals surface area contributed by atoms with Gasteiger partial charge in [0.2, 0.25) is 11.8 Å². The van der Waals surface area contributed by atoms with E-state index in [0.29, 0.717) is 32.4 Å². The normalized spacial score (nSPS) is 12.6. The average molecular weight is 379 g/mol. The molecule has 0 aliphatic carbocycles. The number of anilines is 2. The van der Waals surface area contributed by atoms with Gasteiger partial charge in [0.1, 0.15) is 0 Å². The number of carbonyl (C=O) groups excluding carboxylic acids is 2. The fourth-order valence-corrected chi connectivity index (χ4v) is 3.74. The highest BCUT2D eigenvalue weighted by Gasteiger charge is 2.22. The molecule has 2 heterocycles. The van der Waals surface area contributed by atoms with Gasteiger partial charge >= 0.3 is 0 Å². The van der Waals surface area contributed by atoms with Crippen LogP contribution in [0.4, 0.5) is 11.4 Å². The Kier molecular flexibility index (Phi) is 5.78. The van der Waals surface area contributed by atoms with E-state index in [1.165, 1.54) is 0 Å². The molecule has 0 radical (unpaired) electrons. The molecule has 1 aromatic carbocycles. The second-order valence-corrected chi connectivity index (χ2v) is 7.09. The molecule has 1 aliphatic heterocycles. The van der Waals surface area contributed by atoms with E-state index in [1.54, 1.807) is 11.8 Å². The second kappa shape index (κ2) is 8.26. The smallest absolute Gasteiger partial charge is 0.224 e. The van der Waals surface area contributed by atoms with Crippen LogP contribution >= 0.6 is 0 Å². The molecule has 1 aromatic heterocycles. The van der Waals surface area contributed by atoms with Crippen molar-refractivity contribution in [3.05, 3.63) is 40.7 Å². The predicted octanol–water partition coefficient (Wildman–Crippen LogP) is 2.89. The summed E-state index contributed by atoms with van der Waals surface area (Å²) in [5, 5.41) is 16.2. The van der Waals surface area contributed by atoms with E-state index in [4.69, 9.17) is 5.26 Å². The van der Waals surface area contributed by atoms with Gasteiger partial charge in [-0.1, -0.05) is 0 Å². The Bertz CT molecular complexity index is 954. The average Bonchev–Trinajstić information content (AvgIpc) is 3.19. The summed E-state index contributed by atoms with van der Waals surface area (Å²) in [4.78, 5) is 25.8. The molecule has 7 heteroatoms. The van der Waals surface area contributed by atoms with Crippen molar-refractivity contribution in [2.24, 2.45) is 0 Å². The first-order valence-electron chi connectivity index (χ1n) is 9.51. The summed E-state index contributed by atoms with van der Waals surface area (Å²) in [7, 11) is 0. The zero-order valence-electron chi connectivity index (χ0n) is 16.6. The Morgan fingerprint density at radius 1 is 1.32 bits per heavy atom. The molecule has 0 fully saturated rings. The van der Waals surface area contributed by atoms with Gasteiger partial charge in [0.25, 0.3) is 0 Å². The SMILES string of the molecule is CC(=O)N1CCc2cc(NC(=O)CCc3c(C)nn(CCC#N)c3C)ccc21. The molecule has 0 unspecified atom stereocenters. The molecule has 0 saturated carbocycles. The first-order valence-corrected chi connectivity index (χ1v) is 9.51. The third-order valence-electron chi connectivity index (χ3n) is 5.21. The van der Waals surface area contributed by atoms with Crippen LogP contribution in [0.15, 0.2) is 18.2 Å². The maximum atomic E-state index is 12.4. The van der Waals surface area contributed by atoms with Crippen LogP contribution in [-0.4, -0.2) is 28.1 Å². The molecule has 0 saturated heterocycles. The van der Waals surface area contributed by atoms with Gasteiger partial charge in [0, 0.05) is 37.0 Å². The zero-order valence-corrected chi connectivity index (χ0v) is 16.6. The number of nitrogens with one attached hydrogen (secondary N) is 1. The van der Waals surface area contributed by atoms with Gasteiger partial charge in [0.15, 0.2) is 0 Å². The first-order chi connectivity index (χ1) is 13.4. The number of hydrogen-bond donors (Lipinski definition) is 1. The van der Waals surface area contributed by atoms with Crippen molar-refractivity contribution < 1.29 is 9.59 Å². The Morgan fingerprint density at radius 2 is 2.11 bits per heavy atom. The van der Waals surface area contributed by atoms with Gasteiger partial charge in [-0.05, 0) is 56.0 Å². The number of amides is 2. The molecule has 3 rings (SSSR count). The number of nitriles is 1. The van der Waals surface area contributed by atoms with Crippen LogP contribution in [0, 0.1) is 25.2 Å². The quantitative estimate of drug-likeness (QED) is 0.835. The van der Waals surface area contributed by atoms with Crippen molar-refractivity contribution in [3.8, 4) is 6.07 Å². The molecule has 146 valence electrons. The third-order valence-corrected chi connectivity index (χ3v) is 5.21. The van der Waals surface area contributed by atoms with Gasteiger partial charge in [-0.2, -0.15) is 10.4 Å². The lowest BCUT2D eigenvalue weighted by atomic mass is 10.1.